The smallest absolute Gasteiger partial charge is 0.379 e. The molecule has 0 aromatic rings. The Morgan fingerprint density at radius 2 is 1.93 bits per heavy atom. The lowest BCUT2D eigenvalue weighted by atomic mass is 10.3. The molecule has 0 aliphatic carbocycles. The Hall–Kier alpha value is -1.58. The molecule has 0 aromatic carbocycles. The minimum Gasteiger partial charge on any atom is -0.459 e. The van der Waals surface area contributed by atoms with Crippen molar-refractivity contribution >= 4 is 5.97 Å². The molecule has 0 saturated carbocycles. The number of halogens is 4. The highest BCUT2D eigenvalue weighted by molar-refractivity contribution is 5.91. The summed E-state index contributed by atoms with van der Waals surface area (Å²) in [5.41, 5.74) is -0.312. The molecule has 80 valence electrons. The van der Waals surface area contributed by atoms with Crippen LogP contribution < -0.4 is 0 Å². The molecule has 0 atom stereocenters. The predicted molar refractivity (Wildman–Crippen MR) is 38.8 cm³/mol. The standard InChI is InChI=1S/C6H6FNO2.CHF3/c1-5(4-8)6(9)10-3-2-7;2-1(3)4/h1-3H2;1H. The van der Waals surface area contributed by atoms with Gasteiger partial charge in [0.25, 0.3) is 0 Å². The number of nitriles is 1. The van der Waals surface area contributed by atoms with Crippen LogP contribution in [0.25, 0.3) is 0 Å². The van der Waals surface area contributed by atoms with E-state index < -0.39 is 19.3 Å². The zero-order valence-electron chi connectivity index (χ0n) is 6.97. The van der Waals surface area contributed by atoms with E-state index in [4.69, 9.17) is 5.26 Å². The first-order valence-corrected chi connectivity index (χ1v) is 3.20. The molecular weight excluding hydrogens is 206 g/mol. The van der Waals surface area contributed by atoms with Gasteiger partial charge >= 0.3 is 12.6 Å². The van der Waals surface area contributed by atoms with Crippen LogP contribution in [-0.2, 0) is 9.53 Å². The molecule has 0 saturated heterocycles. The Kier molecular flexibility index (Phi) is 10.1. The molecule has 0 radical (unpaired) electrons. The summed E-state index contributed by atoms with van der Waals surface area (Å²) in [6.45, 7) is -1.66. The van der Waals surface area contributed by atoms with Crippen LogP contribution in [0.5, 0.6) is 0 Å². The van der Waals surface area contributed by atoms with Gasteiger partial charge in [0.05, 0.1) is 0 Å². The van der Waals surface area contributed by atoms with Crippen LogP contribution in [-0.4, -0.2) is 25.9 Å². The number of carbonyl (C=O) groups is 1. The summed E-state index contributed by atoms with van der Waals surface area (Å²) in [5.74, 6) is -0.861. The van der Waals surface area contributed by atoms with E-state index in [0.717, 1.165) is 0 Å². The maximum atomic E-state index is 11.3. The number of nitrogens with zero attached hydrogens (tertiary/aromatic N) is 1. The van der Waals surface area contributed by atoms with Crippen molar-refractivity contribution in [3.05, 3.63) is 12.2 Å². The second-order valence-corrected chi connectivity index (χ2v) is 1.66. The van der Waals surface area contributed by atoms with Crippen molar-refractivity contribution in [3.8, 4) is 6.07 Å². The summed E-state index contributed by atoms with van der Waals surface area (Å²) in [5, 5.41) is 8.06. The third-order valence-corrected chi connectivity index (χ3v) is 0.692. The van der Waals surface area contributed by atoms with Crippen LogP contribution in [0.4, 0.5) is 17.6 Å². The van der Waals surface area contributed by atoms with Gasteiger partial charge in [0.2, 0.25) is 0 Å². The van der Waals surface area contributed by atoms with Crippen LogP contribution >= 0.6 is 0 Å². The number of hydrogen-bond donors (Lipinski definition) is 0. The fraction of sp³-hybridized carbons (Fsp3) is 0.429. The Morgan fingerprint density at radius 3 is 2.21 bits per heavy atom. The van der Waals surface area contributed by atoms with Gasteiger partial charge in [-0.3, -0.25) is 0 Å². The summed E-state index contributed by atoms with van der Waals surface area (Å²) < 4.78 is 44.5. The number of carbonyl (C=O) groups excluding carboxylic acids is 1. The minimum atomic E-state index is -3.67. The lowest BCUT2D eigenvalue weighted by Crippen LogP contribution is -2.07. The van der Waals surface area contributed by atoms with Gasteiger partial charge in [0, 0.05) is 0 Å². The largest absolute Gasteiger partial charge is 0.459 e. The van der Waals surface area contributed by atoms with Gasteiger partial charge in [-0.25, -0.2) is 9.18 Å². The van der Waals surface area contributed by atoms with E-state index in [1.807, 2.05) is 0 Å². The van der Waals surface area contributed by atoms with Gasteiger partial charge in [0.1, 0.15) is 24.9 Å². The first-order chi connectivity index (χ1) is 6.45. The Morgan fingerprint density at radius 1 is 1.50 bits per heavy atom. The number of alkyl halides is 4. The SMILES string of the molecule is C=C(C#N)C(=O)OCCF.FC(F)F. The van der Waals surface area contributed by atoms with Crippen LogP contribution in [0.1, 0.15) is 0 Å². The van der Waals surface area contributed by atoms with Crippen molar-refractivity contribution in [1.29, 1.82) is 5.26 Å². The number of rotatable bonds is 3. The third-order valence-electron chi connectivity index (χ3n) is 0.692. The molecule has 0 unspecified atom stereocenters. The van der Waals surface area contributed by atoms with Gasteiger partial charge in [-0.2, -0.15) is 18.4 Å². The monoisotopic (exact) mass is 213 g/mol. The minimum absolute atomic E-state index is 0.312. The number of esters is 1. The average Bonchev–Trinajstić information content (AvgIpc) is 2.11. The molecule has 0 aliphatic rings. The summed E-state index contributed by atoms with van der Waals surface area (Å²) in [4.78, 5) is 10.4. The van der Waals surface area contributed by atoms with Gasteiger partial charge in [-0.15, -0.1) is 0 Å². The maximum Gasteiger partial charge on any atom is 0.379 e. The van der Waals surface area contributed by atoms with Crippen LogP contribution in [0.2, 0.25) is 0 Å². The van der Waals surface area contributed by atoms with E-state index in [1.54, 1.807) is 0 Å². The molecule has 0 rings (SSSR count). The number of ether oxygens (including phenoxy) is 1. The topological polar surface area (TPSA) is 50.1 Å². The van der Waals surface area contributed by atoms with Gasteiger partial charge in [-0.1, -0.05) is 6.58 Å². The fourth-order valence-corrected chi connectivity index (χ4v) is 0.264. The van der Waals surface area contributed by atoms with Gasteiger partial charge in [0.15, 0.2) is 0 Å². The maximum absolute atomic E-state index is 11.3. The van der Waals surface area contributed by atoms with Crippen molar-refractivity contribution in [2.75, 3.05) is 13.3 Å². The first-order valence-electron chi connectivity index (χ1n) is 3.20. The zero-order chi connectivity index (χ0) is 11.6. The van der Waals surface area contributed by atoms with E-state index in [9.17, 15) is 22.4 Å². The highest BCUT2D eigenvalue weighted by Crippen LogP contribution is 1.91. The summed E-state index contributed by atoms with van der Waals surface area (Å²) >= 11 is 0. The lowest BCUT2D eigenvalue weighted by molar-refractivity contribution is -0.138. The molecule has 3 nitrogen and oxygen atoms in total. The van der Waals surface area contributed by atoms with Crippen molar-refractivity contribution < 1.29 is 27.1 Å². The summed E-state index contributed by atoms with van der Waals surface area (Å²) in [7, 11) is 0. The second-order valence-electron chi connectivity index (χ2n) is 1.66. The van der Waals surface area contributed by atoms with Crippen molar-refractivity contribution in [1.82, 2.24) is 0 Å². The molecule has 0 aliphatic heterocycles. The van der Waals surface area contributed by atoms with Crippen LogP contribution in [0.3, 0.4) is 0 Å². The fourth-order valence-electron chi connectivity index (χ4n) is 0.264. The molecule has 0 bridgehead atoms. The molecule has 7 heteroatoms. The Bertz CT molecular complexity index is 221. The number of hydrogen-bond acceptors (Lipinski definition) is 3. The summed E-state index contributed by atoms with van der Waals surface area (Å²) in [6.07, 6.45) is 0. The third kappa shape index (κ3) is 13.0. The second kappa shape index (κ2) is 9.51. The average molecular weight is 213 g/mol. The Balaban J connectivity index is 0. The quantitative estimate of drug-likeness (QED) is 0.310. The summed E-state index contributed by atoms with van der Waals surface area (Å²) in [6, 6.07) is 1.48. The van der Waals surface area contributed by atoms with Crippen molar-refractivity contribution in [2.45, 2.75) is 6.68 Å². The van der Waals surface area contributed by atoms with Crippen molar-refractivity contribution in [2.24, 2.45) is 0 Å². The zero-order valence-corrected chi connectivity index (χ0v) is 6.97. The molecule has 0 spiro atoms. The van der Waals surface area contributed by atoms with E-state index >= 15 is 0 Å². The van der Waals surface area contributed by atoms with Crippen LogP contribution in [0.15, 0.2) is 12.2 Å². The Labute approximate surface area is 77.6 Å². The molecular formula is C7H7F4NO2. The van der Waals surface area contributed by atoms with Crippen LogP contribution in [0, 0.1) is 11.3 Å². The lowest BCUT2D eigenvalue weighted by Gasteiger charge is -1.96. The van der Waals surface area contributed by atoms with E-state index in [-0.39, 0.29) is 12.2 Å². The van der Waals surface area contributed by atoms with E-state index in [1.165, 1.54) is 6.07 Å². The van der Waals surface area contributed by atoms with E-state index in [0.29, 0.717) is 0 Å². The van der Waals surface area contributed by atoms with Gasteiger partial charge < -0.3 is 4.74 Å². The molecule has 0 heterocycles. The normalized spacial score (nSPS) is 8.29. The van der Waals surface area contributed by atoms with Gasteiger partial charge in [-0.05, 0) is 0 Å². The van der Waals surface area contributed by atoms with E-state index in [2.05, 4.69) is 11.3 Å². The molecule has 0 fully saturated rings. The van der Waals surface area contributed by atoms with Crippen molar-refractivity contribution in [3.63, 3.8) is 0 Å². The first kappa shape index (κ1) is 14.9. The predicted octanol–water partition coefficient (Wildman–Crippen LogP) is 1.76. The molecule has 0 aromatic heterocycles. The molecule has 14 heavy (non-hydrogen) atoms. The highest BCUT2D eigenvalue weighted by atomic mass is 19.4. The highest BCUT2D eigenvalue weighted by Gasteiger charge is 2.05. The molecule has 0 amide bonds. The molecule has 0 N–H and O–H groups in total.